The molecule has 0 unspecified atom stereocenters. The molecule has 0 aromatic heterocycles. The van der Waals surface area contributed by atoms with Crippen molar-refractivity contribution in [1.29, 1.82) is 0 Å². The van der Waals surface area contributed by atoms with Gasteiger partial charge in [-0.25, -0.2) is 4.79 Å². The highest BCUT2D eigenvalue weighted by Gasteiger charge is 2.26. The minimum absolute atomic E-state index is 0.116. The topological polar surface area (TPSA) is 55.9 Å². The molecule has 2 aromatic rings. The largest absolute Gasteiger partial charge is 0.368 e. The van der Waals surface area contributed by atoms with E-state index in [1.165, 1.54) is 5.56 Å². The van der Waals surface area contributed by atoms with Crippen LogP contribution in [0, 0.1) is 6.92 Å². The Bertz CT molecular complexity index is 909. The van der Waals surface area contributed by atoms with E-state index in [0.29, 0.717) is 25.2 Å². The van der Waals surface area contributed by atoms with Crippen LogP contribution in [0.5, 0.6) is 0 Å². The van der Waals surface area contributed by atoms with Crippen LogP contribution < -0.4 is 15.1 Å². The molecule has 2 aliphatic heterocycles. The highest BCUT2D eigenvalue weighted by atomic mass is 35.5. The highest BCUT2D eigenvalue weighted by Crippen LogP contribution is 2.26. The quantitative estimate of drug-likeness (QED) is 0.801. The maximum atomic E-state index is 12.7. The van der Waals surface area contributed by atoms with Crippen LogP contribution in [0.2, 0.25) is 5.02 Å². The first-order chi connectivity index (χ1) is 13.5. The Morgan fingerprint density at radius 2 is 1.82 bits per heavy atom. The van der Waals surface area contributed by atoms with E-state index in [-0.39, 0.29) is 11.9 Å². The van der Waals surface area contributed by atoms with Crippen LogP contribution >= 0.6 is 11.6 Å². The van der Waals surface area contributed by atoms with Gasteiger partial charge in [-0.15, -0.1) is 0 Å². The molecule has 4 rings (SSSR count). The minimum Gasteiger partial charge on any atom is -0.368 e. The van der Waals surface area contributed by atoms with Crippen LogP contribution in [0.25, 0.3) is 0 Å². The Morgan fingerprint density at radius 1 is 1.04 bits per heavy atom. The standard InChI is InChI=1S/C21H23ClN4O2/c1-15-5-6-16(22)13-19(15)24-9-11-25(12-10-24)21(28)23-17-3-2-4-18(14-17)26-8-7-20(26)27/h2-6,13-14H,7-12H2,1H3,(H,23,28). The highest BCUT2D eigenvalue weighted by molar-refractivity contribution is 6.30. The fourth-order valence-electron chi connectivity index (χ4n) is 3.62. The van der Waals surface area contributed by atoms with Crippen LogP contribution in [-0.4, -0.2) is 49.6 Å². The number of hydrogen-bond acceptors (Lipinski definition) is 3. The Kier molecular flexibility index (Phi) is 5.13. The molecule has 28 heavy (non-hydrogen) atoms. The Balaban J connectivity index is 1.36. The van der Waals surface area contributed by atoms with E-state index >= 15 is 0 Å². The maximum absolute atomic E-state index is 12.7. The summed E-state index contributed by atoms with van der Waals surface area (Å²) < 4.78 is 0. The number of carbonyl (C=O) groups excluding carboxylic acids is 2. The number of halogens is 1. The van der Waals surface area contributed by atoms with Crippen LogP contribution in [0.15, 0.2) is 42.5 Å². The second-order valence-electron chi connectivity index (χ2n) is 7.18. The zero-order valence-corrected chi connectivity index (χ0v) is 16.6. The molecule has 2 saturated heterocycles. The lowest BCUT2D eigenvalue weighted by Crippen LogP contribution is -2.50. The SMILES string of the molecule is Cc1ccc(Cl)cc1N1CCN(C(=O)Nc2cccc(N3CCC3=O)c2)CC1. The molecule has 0 spiro atoms. The van der Waals surface area contributed by atoms with Crippen molar-refractivity contribution in [2.45, 2.75) is 13.3 Å². The van der Waals surface area contributed by atoms with Crippen molar-refractivity contribution in [2.24, 2.45) is 0 Å². The number of nitrogens with zero attached hydrogens (tertiary/aromatic N) is 3. The van der Waals surface area contributed by atoms with E-state index in [1.807, 2.05) is 47.4 Å². The third-order valence-electron chi connectivity index (χ3n) is 5.34. The van der Waals surface area contributed by atoms with Crippen molar-refractivity contribution in [1.82, 2.24) is 4.90 Å². The zero-order valence-electron chi connectivity index (χ0n) is 15.8. The lowest BCUT2D eigenvalue weighted by atomic mass is 10.1. The molecule has 6 nitrogen and oxygen atoms in total. The molecule has 2 aliphatic rings. The van der Waals surface area contributed by atoms with Crippen molar-refractivity contribution < 1.29 is 9.59 Å². The summed E-state index contributed by atoms with van der Waals surface area (Å²) in [5, 5.41) is 3.68. The van der Waals surface area contributed by atoms with Gasteiger partial charge in [0.05, 0.1) is 0 Å². The number of benzene rings is 2. The van der Waals surface area contributed by atoms with E-state index < -0.39 is 0 Å². The van der Waals surface area contributed by atoms with E-state index in [0.717, 1.165) is 36.0 Å². The molecular formula is C21H23ClN4O2. The summed E-state index contributed by atoms with van der Waals surface area (Å²) in [7, 11) is 0. The van der Waals surface area contributed by atoms with E-state index in [9.17, 15) is 9.59 Å². The summed E-state index contributed by atoms with van der Waals surface area (Å²) in [6.07, 6.45) is 0.590. The summed E-state index contributed by atoms with van der Waals surface area (Å²) in [4.78, 5) is 30.1. The van der Waals surface area contributed by atoms with Crippen molar-refractivity contribution in [2.75, 3.05) is 47.8 Å². The molecule has 146 valence electrons. The number of β-lactam (4-membered cyclic amide) rings is 1. The number of rotatable bonds is 3. The maximum Gasteiger partial charge on any atom is 0.321 e. The predicted octanol–water partition coefficient (Wildman–Crippen LogP) is 3.74. The second-order valence-corrected chi connectivity index (χ2v) is 7.62. The first-order valence-corrected chi connectivity index (χ1v) is 9.86. The van der Waals surface area contributed by atoms with E-state index in [4.69, 9.17) is 11.6 Å². The van der Waals surface area contributed by atoms with Gasteiger partial charge in [-0.2, -0.15) is 0 Å². The van der Waals surface area contributed by atoms with Crippen molar-refractivity contribution >= 4 is 40.6 Å². The summed E-state index contributed by atoms with van der Waals surface area (Å²) in [5.41, 5.74) is 3.84. The lowest BCUT2D eigenvalue weighted by molar-refractivity contribution is -0.122. The van der Waals surface area contributed by atoms with Crippen molar-refractivity contribution in [3.05, 3.63) is 53.1 Å². The zero-order chi connectivity index (χ0) is 19.7. The smallest absolute Gasteiger partial charge is 0.321 e. The minimum atomic E-state index is -0.116. The Hall–Kier alpha value is -2.73. The molecule has 1 N–H and O–H groups in total. The number of carbonyl (C=O) groups is 2. The normalized spacial score (nSPS) is 16.8. The fraction of sp³-hybridized carbons (Fsp3) is 0.333. The average molecular weight is 399 g/mol. The average Bonchev–Trinajstić information content (AvgIpc) is 2.69. The van der Waals surface area contributed by atoms with E-state index in [2.05, 4.69) is 17.1 Å². The molecule has 0 saturated carbocycles. The summed E-state index contributed by atoms with van der Waals surface area (Å²) in [5.74, 6) is 0.121. The van der Waals surface area contributed by atoms with Gasteiger partial charge in [-0.05, 0) is 42.8 Å². The van der Waals surface area contributed by atoms with Gasteiger partial charge in [0, 0.05) is 61.2 Å². The van der Waals surface area contributed by atoms with Gasteiger partial charge < -0.3 is 20.0 Å². The fourth-order valence-corrected chi connectivity index (χ4v) is 3.78. The van der Waals surface area contributed by atoms with Gasteiger partial charge in [0.2, 0.25) is 5.91 Å². The van der Waals surface area contributed by atoms with Gasteiger partial charge in [0.25, 0.3) is 0 Å². The number of anilines is 3. The molecule has 0 atom stereocenters. The molecule has 0 radical (unpaired) electrons. The molecule has 0 bridgehead atoms. The second kappa shape index (κ2) is 7.72. The van der Waals surface area contributed by atoms with Crippen LogP contribution in [0.4, 0.5) is 21.9 Å². The summed E-state index contributed by atoms with van der Waals surface area (Å²) >= 11 is 6.14. The lowest BCUT2D eigenvalue weighted by Gasteiger charge is -2.37. The molecule has 7 heteroatoms. The Labute approximate surface area is 169 Å². The van der Waals surface area contributed by atoms with E-state index in [1.54, 1.807) is 4.90 Å². The third kappa shape index (κ3) is 3.78. The number of urea groups is 1. The van der Waals surface area contributed by atoms with Crippen LogP contribution in [0.1, 0.15) is 12.0 Å². The number of piperazine rings is 1. The first-order valence-electron chi connectivity index (χ1n) is 9.49. The molecule has 2 aromatic carbocycles. The van der Waals surface area contributed by atoms with Gasteiger partial charge in [0.15, 0.2) is 0 Å². The van der Waals surface area contributed by atoms with Crippen LogP contribution in [0.3, 0.4) is 0 Å². The molecular weight excluding hydrogens is 376 g/mol. The number of aryl methyl sites for hydroxylation is 1. The Morgan fingerprint density at radius 3 is 2.50 bits per heavy atom. The van der Waals surface area contributed by atoms with Gasteiger partial charge in [-0.1, -0.05) is 23.7 Å². The number of hydrogen-bond donors (Lipinski definition) is 1. The molecule has 3 amide bonds. The molecule has 2 heterocycles. The predicted molar refractivity (Wildman–Crippen MR) is 112 cm³/mol. The van der Waals surface area contributed by atoms with Gasteiger partial charge >= 0.3 is 6.03 Å². The van der Waals surface area contributed by atoms with Gasteiger partial charge in [0.1, 0.15) is 0 Å². The summed E-state index contributed by atoms with van der Waals surface area (Å²) in [6, 6.07) is 13.2. The first kappa shape index (κ1) is 18.6. The molecule has 2 fully saturated rings. The third-order valence-corrected chi connectivity index (χ3v) is 5.57. The van der Waals surface area contributed by atoms with Crippen molar-refractivity contribution in [3.8, 4) is 0 Å². The number of nitrogens with one attached hydrogen (secondary N) is 1. The molecule has 0 aliphatic carbocycles. The summed E-state index contributed by atoms with van der Waals surface area (Å²) in [6.45, 7) is 5.61. The van der Waals surface area contributed by atoms with Gasteiger partial charge in [-0.3, -0.25) is 4.79 Å². The number of amides is 3. The van der Waals surface area contributed by atoms with Crippen molar-refractivity contribution in [3.63, 3.8) is 0 Å². The monoisotopic (exact) mass is 398 g/mol. The van der Waals surface area contributed by atoms with Crippen LogP contribution in [-0.2, 0) is 4.79 Å².